The summed E-state index contributed by atoms with van der Waals surface area (Å²) < 4.78 is 0. The molecule has 0 bridgehead atoms. The lowest BCUT2D eigenvalue weighted by atomic mass is 10.1. The number of carbonyl (C=O) groups excluding carboxylic acids is 1. The number of H-pyrrole nitrogens is 1. The van der Waals surface area contributed by atoms with Gasteiger partial charge < -0.3 is 5.32 Å². The number of hydrogen-bond donors (Lipinski definition) is 2. The molecule has 20 heavy (non-hydrogen) atoms. The van der Waals surface area contributed by atoms with Gasteiger partial charge in [0.2, 0.25) is 0 Å². The molecule has 0 aliphatic carbocycles. The van der Waals surface area contributed by atoms with Gasteiger partial charge in [-0.25, -0.2) is 0 Å². The van der Waals surface area contributed by atoms with Gasteiger partial charge in [0.25, 0.3) is 5.91 Å². The summed E-state index contributed by atoms with van der Waals surface area (Å²) in [6.07, 6.45) is 3.28. The van der Waals surface area contributed by atoms with Gasteiger partial charge in [0.05, 0.1) is 23.0 Å². The number of rotatable bonds is 2. The molecule has 0 saturated heterocycles. The maximum Gasteiger partial charge on any atom is 0.259 e. The van der Waals surface area contributed by atoms with E-state index in [-0.39, 0.29) is 5.91 Å². The Morgan fingerprint density at radius 2 is 2.10 bits per heavy atom. The highest BCUT2D eigenvalue weighted by molar-refractivity contribution is 6.09. The largest absolute Gasteiger partial charge is 0.321 e. The van der Waals surface area contributed by atoms with Crippen LogP contribution in [0.4, 0.5) is 5.69 Å². The third-order valence-corrected chi connectivity index (χ3v) is 3.29. The van der Waals surface area contributed by atoms with Crippen LogP contribution < -0.4 is 5.32 Å². The van der Waals surface area contributed by atoms with Crippen molar-refractivity contribution < 1.29 is 4.79 Å². The maximum absolute atomic E-state index is 12.2. The number of nitrogens with one attached hydrogen (secondary N) is 2. The highest BCUT2D eigenvalue weighted by atomic mass is 16.1. The Kier molecular flexibility index (Phi) is 2.95. The van der Waals surface area contributed by atoms with Crippen molar-refractivity contribution >= 4 is 22.5 Å². The van der Waals surface area contributed by atoms with Crippen LogP contribution in [0, 0.1) is 13.8 Å². The first kappa shape index (κ1) is 12.3. The molecule has 3 rings (SSSR count). The molecule has 100 valence electrons. The molecular formula is C15H14N4O. The van der Waals surface area contributed by atoms with Gasteiger partial charge in [-0.3, -0.25) is 14.9 Å². The average molecular weight is 266 g/mol. The van der Waals surface area contributed by atoms with Crippen LogP contribution in [-0.2, 0) is 0 Å². The molecule has 2 aromatic heterocycles. The van der Waals surface area contributed by atoms with E-state index in [1.807, 2.05) is 38.1 Å². The van der Waals surface area contributed by atoms with Crippen molar-refractivity contribution in [2.75, 3.05) is 5.32 Å². The molecule has 0 fully saturated rings. The summed E-state index contributed by atoms with van der Waals surface area (Å²) in [7, 11) is 0. The number of carbonyl (C=O) groups is 1. The quantitative estimate of drug-likeness (QED) is 0.749. The molecule has 5 nitrogen and oxygen atoms in total. The van der Waals surface area contributed by atoms with Gasteiger partial charge in [0.1, 0.15) is 0 Å². The lowest BCUT2D eigenvalue weighted by Gasteiger charge is -2.09. The first-order valence-electron chi connectivity index (χ1n) is 6.32. The lowest BCUT2D eigenvalue weighted by molar-refractivity contribution is 0.102. The zero-order valence-electron chi connectivity index (χ0n) is 11.3. The Bertz CT molecular complexity index is 791. The van der Waals surface area contributed by atoms with E-state index in [1.165, 1.54) is 6.20 Å². The molecular weight excluding hydrogens is 252 g/mol. The van der Waals surface area contributed by atoms with Gasteiger partial charge in [0.15, 0.2) is 0 Å². The SMILES string of the molecule is Cc1[nH]ncc1C(=O)Nc1ccc(C)c2ncccc12. The molecule has 0 radical (unpaired) electrons. The number of amides is 1. The number of anilines is 1. The van der Waals surface area contributed by atoms with Crippen LogP contribution in [-0.4, -0.2) is 21.1 Å². The summed E-state index contributed by atoms with van der Waals surface area (Å²) in [6, 6.07) is 7.66. The Morgan fingerprint density at radius 1 is 1.25 bits per heavy atom. The van der Waals surface area contributed by atoms with Gasteiger partial charge in [-0.05, 0) is 37.6 Å². The first-order chi connectivity index (χ1) is 9.66. The van der Waals surface area contributed by atoms with Gasteiger partial charge in [0, 0.05) is 17.3 Å². The number of aromatic nitrogens is 3. The average Bonchev–Trinajstić information content (AvgIpc) is 2.88. The summed E-state index contributed by atoms with van der Waals surface area (Å²) in [5.74, 6) is -0.176. The highest BCUT2D eigenvalue weighted by Gasteiger charge is 2.13. The zero-order chi connectivity index (χ0) is 14.1. The van der Waals surface area contributed by atoms with Crippen LogP contribution >= 0.6 is 0 Å². The molecule has 1 amide bonds. The third-order valence-electron chi connectivity index (χ3n) is 3.29. The Labute approximate surface area is 116 Å². The van der Waals surface area contributed by atoms with E-state index in [4.69, 9.17) is 0 Å². The summed E-state index contributed by atoms with van der Waals surface area (Å²) in [5.41, 5.74) is 4.02. The van der Waals surface area contributed by atoms with Crippen LogP contribution in [0.5, 0.6) is 0 Å². The predicted octanol–water partition coefficient (Wildman–Crippen LogP) is 2.83. The van der Waals surface area contributed by atoms with E-state index in [0.717, 1.165) is 27.8 Å². The molecule has 3 aromatic rings. The molecule has 5 heteroatoms. The van der Waals surface area contributed by atoms with Crippen molar-refractivity contribution in [3.63, 3.8) is 0 Å². The van der Waals surface area contributed by atoms with Crippen LogP contribution in [0.1, 0.15) is 21.6 Å². The number of hydrogen-bond acceptors (Lipinski definition) is 3. The number of aromatic amines is 1. The van der Waals surface area contributed by atoms with Gasteiger partial charge in [-0.2, -0.15) is 5.10 Å². The van der Waals surface area contributed by atoms with Crippen molar-refractivity contribution in [1.29, 1.82) is 0 Å². The molecule has 0 aliphatic heterocycles. The smallest absolute Gasteiger partial charge is 0.259 e. The minimum Gasteiger partial charge on any atom is -0.321 e. The fraction of sp³-hybridized carbons (Fsp3) is 0.133. The second-order valence-corrected chi connectivity index (χ2v) is 4.69. The lowest BCUT2D eigenvalue weighted by Crippen LogP contribution is -2.12. The van der Waals surface area contributed by atoms with Gasteiger partial charge in [-0.15, -0.1) is 0 Å². The summed E-state index contributed by atoms with van der Waals surface area (Å²) >= 11 is 0. The molecule has 0 atom stereocenters. The minimum atomic E-state index is -0.176. The normalized spacial score (nSPS) is 10.7. The molecule has 1 aromatic carbocycles. The first-order valence-corrected chi connectivity index (χ1v) is 6.32. The Morgan fingerprint density at radius 3 is 2.85 bits per heavy atom. The monoisotopic (exact) mass is 266 g/mol. The van der Waals surface area contributed by atoms with Gasteiger partial charge in [-0.1, -0.05) is 6.07 Å². The summed E-state index contributed by atoms with van der Waals surface area (Å²) in [6.45, 7) is 3.82. The number of benzene rings is 1. The topological polar surface area (TPSA) is 70.7 Å². The molecule has 2 heterocycles. The number of nitrogens with zero attached hydrogens (tertiary/aromatic N) is 2. The van der Waals surface area contributed by atoms with Crippen molar-refractivity contribution in [2.24, 2.45) is 0 Å². The second-order valence-electron chi connectivity index (χ2n) is 4.69. The van der Waals surface area contributed by atoms with Crippen LogP contribution in [0.15, 0.2) is 36.7 Å². The Hall–Kier alpha value is -2.69. The van der Waals surface area contributed by atoms with Crippen molar-refractivity contribution in [1.82, 2.24) is 15.2 Å². The van der Waals surface area contributed by atoms with E-state index in [9.17, 15) is 4.79 Å². The van der Waals surface area contributed by atoms with Gasteiger partial charge >= 0.3 is 0 Å². The van der Waals surface area contributed by atoms with Crippen molar-refractivity contribution in [2.45, 2.75) is 13.8 Å². The van der Waals surface area contributed by atoms with E-state index in [2.05, 4.69) is 20.5 Å². The fourth-order valence-electron chi connectivity index (χ4n) is 2.19. The fourth-order valence-corrected chi connectivity index (χ4v) is 2.19. The van der Waals surface area contributed by atoms with E-state index in [0.29, 0.717) is 5.56 Å². The standard InChI is InChI=1S/C15H14N4O/c1-9-5-6-13(11-4-3-7-16-14(9)11)18-15(20)12-8-17-19-10(12)2/h3-8H,1-2H3,(H,17,19)(H,18,20). The molecule has 0 unspecified atom stereocenters. The summed E-state index contributed by atoms with van der Waals surface area (Å²) in [4.78, 5) is 16.6. The third kappa shape index (κ3) is 2.03. The van der Waals surface area contributed by atoms with E-state index in [1.54, 1.807) is 6.20 Å². The van der Waals surface area contributed by atoms with Crippen LogP contribution in [0.2, 0.25) is 0 Å². The van der Waals surface area contributed by atoms with Crippen LogP contribution in [0.3, 0.4) is 0 Å². The minimum absolute atomic E-state index is 0.176. The molecule has 0 aliphatic rings. The second kappa shape index (κ2) is 4.77. The highest BCUT2D eigenvalue weighted by Crippen LogP contribution is 2.25. The van der Waals surface area contributed by atoms with Crippen molar-refractivity contribution in [3.8, 4) is 0 Å². The van der Waals surface area contributed by atoms with E-state index >= 15 is 0 Å². The predicted molar refractivity (Wildman–Crippen MR) is 77.8 cm³/mol. The number of pyridine rings is 1. The Balaban J connectivity index is 2.02. The zero-order valence-corrected chi connectivity index (χ0v) is 11.3. The molecule has 0 saturated carbocycles. The maximum atomic E-state index is 12.2. The van der Waals surface area contributed by atoms with E-state index < -0.39 is 0 Å². The summed E-state index contributed by atoms with van der Waals surface area (Å²) in [5, 5.41) is 10.5. The van der Waals surface area contributed by atoms with Crippen molar-refractivity contribution in [3.05, 3.63) is 53.5 Å². The molecule has 0 spiro atoms. The number of fused-ring (bicyclic) bond motifs is 1. The van der Waals surface area contributed by atoms with Crippen LogP contribution in [0.25, 0.3) is 10.9 Å². The number of aryl methyl sites for hydroxylation is 2. The molecule has 2 N–H and O–H groups in total.